The maximum atomic E-state index is 12.8. The summed E-state index contributed by atoms with van der Waals surface area (Å²) in [5, 5.41) is 16.4. The highest BCUT2D eigenvalue weighted by Gasteiger charge is 2.19. The number of rotatable bonds is 4. The number of amides is 1. The molecule has 1 amide bonds. The number of H-pyrrole nitrogens is 1. The maximum absolute atomic E-state index is 12.8. The summed E-state index contributed by atoms with van der Waals surface area (Å²) < 4.78 is 1.16. The van der Waals surface area contributed by atoms with Crippen LogP contribution in [0.4, 0.5) is 11.4 Å². The van der Waals surface area contributed by atoms with Crippen molar-refractivity contribution < 1.29 is 4.79 Å². The third kappa shape index (κ3) is 3.45. The van der Waals surface area contributed by atoms with E-state index in [0.29, 0.717) is 11.5 Å². The molecule has 1 fully saturated rings. The smallest absolute Gasteiger partial charge is 0.293 e. The van der Waals surface area contributed by atoms with E-state index in [0.717, 1.165) is 47.5 Å². The predicted molar refractivity (Wildman–Crippen MR) is 114 cm³/mol. The van der Waals surface area contributed by atoms with E-state index in [1.165, 1.54) is 0 Å². The number of nitrogens with one attached hydrogen (secondary N) is 3. The van der Waals surface area contributed by atoms with Gasteiger partial charge in [0.05, 0.1) is 17.6 Å². The molecule has 1 aliphatic heterocycles. The van der Waals surface area contributed by atoms with Gasteiger partial charge in [0.15, 0.2) is 5.82 Å². The molecule has 8 nitrogen and oxygen atoms in total. The van der Waals surface area contributed by atoms with Crippen molar-refractivity contribution in [2.24, 2.45) is 0 Å². The Bertz CT molecular complexity index is 1160. The molecule has 4 heterocycles. The normalized spacial score (nSPS) is 14.3. The van der Waals surface area contributed by atoms with Crippen molar-refractivity contribution in [3.05, 3.63) is 53.9 Å². The van der Waals surface area contributed by atoms with Gasteiger partial charge in [-0.25, -0.2) is 4.98 Å². The van der Waals surface area contributed by atoms with Gasteiger partial charge in [-0.3, -0.25) is 14.9 Å². The summed E-state index contributed by atoms with van der Waals surface area (Å²) in [6, 6.07) is 10.0. The monoisotopic (exact) mass is 405 g/mol. The fourth-order valence-electron chi connectivity index (χ4n) is 3.48. The lowest BCUT2D eigenvalue weighted by molar-refractivity contribution is 0.101. The molecule has 0 radical (unpaired) electrons. The van der Waals surface area contributed by atoms with E-state index in [2.05, 4.69) is 41.8 Å². The number of carbonyl (C=O) groups excluding carboxylic acids is 1. The van der Waals surface area contributed by atoms with Gasteiger partial charge < -0.3 is 15.5 Å². The van der Waals surface area contributed by atoms with Crippen LogP contribution < -0.4 is 15.5 Å². The third-order valence-corrected chi connectivity index (χ3v) is 5.89. The van der Waals surface area contributed by atoms with Crippen LogP contribution in [0.25, 0.3) is 21.5 Å². The highest BCUT2D eigenvalue weighted by Crippen LogP contribution is 2.32. The van der Waals surface area contributed by atoms with Crippen LogP contribution in [0.15, 0.2) is 48.1 Å². The Labute approximate surface area is 171 Å². The SMILES string of the molecule is O=C(Nc1cnccc1N1CCNCC1)c1nc(-c2csc3ccccc23)n[nH]1. The molecular formula is C20H19N7OS. The van der Waals surface area contributed by atoms with Crippen LogP contribution in [0.2, 0.25) is 0 Å². The number of thiophene rings is 1. The lowest BCUT2D eigenvalue weighted by Gasteiger charge is -2.30. The largest absolute Gasteiger partial charge is 0.367 e. The average Bonchev–Trinajstić information content (AvgIpc) is 3.42. The van der Waals surface area contributed by atoms with E-state index in [1.54, 1.807) is 23.7 Å². The summed E-state index contributed by atoms with van der Waals surface area (Å²) in [6.07, 6.45) is 3.40. The van der Waals surface area contributed by atoms with E-state index in [9.17, 15) is 4.79 Å². The number of hydrogen-bond donors (Lipinski definition) is 3. The van der Waals surface area contributed by atoms with E-state index in [-0.39, 0.29) is 11.7 Å². The summed E-state index contributed by atoms with van der Waals surface area (Å²) in [7, 11) is 0. The second kappa shape index (κ2) is 7.61. The van der Waals surface area contributed by atoms with Gasteiger partial charge in [-0.2, -0.15) is 5.10 Å². The Hall–Kier alpha value is -3.30. The summed E-state index contributed by atoms with van der Waals surface area (Å²) >= 11 is 1.63. The topological polar surface area (TPSA) is 98.8 Å². The van der Waals surface area contributed by atoms with Crippen molar-refractivity contribution >= 4 is 38.7 Å². The highest BCUT2D eigenvalue weighted by atomic mass is 32.1. The molecule has 1 aliphatic rings. The van der Waals surface area contributed by atoms with Crippen molar-refractivity contribution in [1.29, 1.82) is 0 Å². The van der Waals surface area contributed by atoms with Crippen LogP contribution in [0, 0.1) is 0 Å². The van der Waals surface area contributed by atoms with Crippen LogP contribution >= 0.6 is 11.3 Å². The first-order valence-corrected chi connectivity index (χ1v) is 10.3. The number of carbonyl (C=O) groups is 1. The summed E-state index contributed by atoms with van der Waals surface area (Å²) in [6.45, 7) is 3.58. The number of pyridine rings is 1. The molecule has 29 heavy (non-hydrogen) atoms. The first kappa shape index (κ1) is 17.8. The molecular weight excluding hydrogens is 386 g/mol. The minimum atomic E-state index is -0.340. The van der Waals surface area contributed by atoms with Crippen molar-refractivity contribution in [1.82, 2.24) is 25.5 Å². The van der Waals surface area contributed by atoms with Gasteiger partial charge in [-0.05, 0) is 12.1 Å². The number of anilines is 2. The van der Waals surface area contributed by atoms with Crippen LogP contribution in [-0.2, 0) is 0 Å². The standard InChI is InChI=1S/C20H19N7OS/c28-20(23-15-11-22-6-5-16(15)27-9-7-21-8-10-27)19-24-18(25-26-19)14-12-29-17-4-2-1-3-13(14)17/h1-6,11-12,21H,7-10H2,(H,23,28)(H,24,25,26). The quantitative estimate of drug-likeness (QED) is 0.483. The fraction of sp³-hybridized carbons (Fsp3) is 0.200. The molecule has 146 valence electrons. The summed E-state index contributed by atoms with van der Waals surface area (Å²) in [4.78, 5) is 23.6. The molecule has 0 atom stereocenters. The first-order chi connectivity index (χ1) is 14.3. The Balaban J connectivity index is 1.39. The fourth-order valence-corrected chi connectivity index (χ4v) is 4.42. The van der Waals surface area contributed by atoms with Gasteiger partial charge in [0.25, 0.3) is 5.91 Å². The molecule has 4 aromatic rings. The Kier molecular flexibility index (Phi) is 4.66. The lowest BCUT2D eigenvalue weighted by atomic mass is 10.2. The molecule has 1 saturated heterocycles. The van der Waals surface area contributed by atoms with Crippen LogP contribution in [0.1, 0.15) is 10.6 Å². The zero-order valence-electron chi connectivity index (χ0n) is 15.6. The lowest BCUT2D eigenvalue weighted by Crippen LogP contribution is -2.43. The molecule has 0 unspecified atom stereocenters. The number of fused-ring (bicyclic) bond motifs is 1. The molecule has 1 aromatic carbocycles. The van der Waals surface area contributed by atoms with Crippen molar-refractivity contribution in [2.45, 2.75) is 0 Å². The van der Waals surface area contributed by atoms with E-state index in [1.807, 2.05) is 29.6 Å². The van der Waals surface area contributed by atoms with Gasteiger partial charge in [-0.1, -0.05) is 18.2 Å². The van der Waals surface area contributed by atoms with Gasteiger partial charge in [0.2, 0.25) is 5.82 Å². The number of piperazine rings is 1. The molecule has 9 heteroatoms. The molecule has 0 bridgehead atoms. The highest BCUT2D eigenvalue weighted by molar-refractivity contribution is 7.17. The van der Waals surface area contributed by atoms with Crippen molar-refractivity contribution in [3.63, 3.8) is 0 Å². The zero-order valence-corrected chi connectivity index (χ0v) is 16.4. The summed E-state index contributed by atoms with van der Waals surface area (Å²) in [5.41, 5.74) is 2.54. The molecule has 0 aliphatic carbocycles. The van der Waals surface area contributed by atoms with Crippen LogP contribution in [0.3, 0.4) is 0 Å². The molecule has 5 rings (SSSR count). The van der Waals surface area contributed by atoms with E-state index >= 15 is 0 Å². The molecule has 3 N–H and O–H groups in total. The van der Waals surface area contributed by atoms with Gasteiger partial charge in [0.1, 0.15) is 0 Å². The second-order valence-electron chi connectivity index (χ2n) is 6.74. The average molecular weight is 405 g/mol. The molecule has 3 aromatic heterocycles. The Morgan fingerprint density at radius 2 is 2.03 bits per heavy atom. The maximum Gasteiger partial charge on any atom is 0.293 e. The Morgan fingerprint density at radius 3 is 2.93 bits per heavy atom. The minimum absolute atomic E-state index is 0.172. The number of aromatic amines is 1. The Morgan fingerprint density at radius 1 is 1.17 bits per heavy atom. The van der Waals surface area contributed by atoms with E-state index in [4.69, 9.17) is 0 Å². The molecule has 0 saturated carbocycles. The number of nitrogens with zero attached hydrogens (tertiary/aromatic N) is 4. The number of aromatic nitrogens is 4. The number of benzene rings is 1. The third-order valence-electron chi connectivity index (χ3n) is 4.93. The van der Waals surface area contributed by atoms with Gasteiger partial charge >= 0.3 is 0 Å². The minimum Gasteiger partial charge on any atom is -0.367 e. The number of hydrogen-bond acceptors (Lipinski definition) is 7. The van der Waals surface area contributed by atoms with Gasteiger partial charge in [-0.15, -0.1) is 11.3 Å². The zero-order chi connectivity index (χ0) is 19.6. The van der Waals surface area contributed by atoms with Gasteiger partial charge in [0, 0.05) is 53.4 Å². The molecule has 0 spiro atoms. The second-order valence-corrected chi connectivity index (χ2v) is 7.65. The summed E-state index contributed by atoms with van der Waals surface area (Å²) in [5.74, 6) is 0.346. The van der Waals surface area contributed by atoms with Crippen molar-refractivity contribution in [2.75, 3.05) is 36.4 Å². The van der Waals surface area contributed by atoms with Crippen LogP contribution in [-0.4, -0.2) is 52.3 Å². The van der Waals surface area contributed by atoms with Crippen LogP contribution in [0.5, 0.6) is 0 Å². The first-order valence-electron chi connectivity index (χ1n) is 9.39. The van der Waals surface area contributed by atoms with E-state index < -0.39 is 0 Å². The van der Waals surface area contributed by atoms with Crippen molar-refractivity contribution in [3.8, 4) is 11.4 Å². The predicted octanol–water partition coefficient (Wildman–Crippen LogP) is 2.74.